The normalized spacial score (nSPS) is 30.6. The summed E-state index contributed by atoms with van der Waals surface area (Å²) in [7, 11) is 0. The molecule has 2 atom stereocenters. The zero-order valence-electron chi connectivity index (χ0n) is 12.0. The second-order valence-electron chi connectivity index (χ2n) is 6.61. The molecule has 0 bridgehead atoms. The molecule has 17 heavy (non-hydrogen) atoms. The summed E-state index contributed by atoms with van der Waals surface area (Å²) < 4.78 is 0. The van der Waals surface area contributed by atoms with Crippen molar-refractivity contribution in [2.24, 2.45) is 11.3 Å². The smallest absolute Gasteiger partial charge is 0.106 e. The van der Waals surface area contributed by atoms with Crippen LogP contribution in [0.3, 0.4) is 0 Å². The number of hydrogen-bond acceptors (Lipinski definition) is 2. The van der Waals surface area contributed by atoms with Crippen molar-refractivity contribution >= 4 is 0 Å². The first-order valence-corrected chi connectivity index (χ1v) is 7.10. The molecule has 1 fully saturated rings. The maximum Gasteiger partial charge on any atom is 0.106 e. The average molecular weight is 236 g/mol. The van der Waals surface area contributed by atoms with Crippen LogP contribution in [0.4, 0.5) is 0 Å². The Hall–Kier alpha value is -0.550. The highest BCUT2D eigenvalue weighted by Crippen LogP contribution is 2.39. The van der Waals surface area contributed by atoms with Crippen LogP contribution in [-0.2, 0) is 0 Å². The van der Waals surface area contributed by atoms with Crippen LogP contribution in [0.2, 0.25) is 0 Å². The number of nitriles is 1. The Kier molecular flexibility index (Phi) is 5.01. The van der Waals surface area contributed by atoms with E-state index in [1.807, 2.05) is 0 Å². The standard InChI is InChI=1S/C15H28N2/c1-5-11-17-15(12-16)9-6-7-13(8-10-15)14(2,3)4/h13,17H,5-11H2,1-4H3. The molecule has 1 N–H and O–H groups in total. The lowest BCUT2D eigenvalue weighted by molar-refractivity contribution is 0.211. The van der Waals surface area contributed by atoms with Crippen molar-refractivity contribution in [3.05, 3.63) is 0 Å². The first-order valence-electron chi connectivity index (χ1n) is 7.10. The molecule has 0 aromatic rings. The summed E-state index contributed by atoms with van der Waals surface area (Å²) in [5.74, 6) is 0.765. The minimum absolute atomic E-state index is 0.240. The Labute approximate surface area is 107 Å². The third-order valence-electron chi connectivity index (χ3n) is 4.23. The van der Waals surface area contributed by atoms with E-state index in [-0.39, 0.29) is 5.54 Å². The summed E-state index contributed by atoms with van der Waals surface area (Å²) in [5.41, 5.74) is 0.145. The number of rotatable bonds is 3. The highest BCUT2D eigenvalue weighted by Gasteiger charge is 2.35. The lowest BCUT2D eigenvalue weighted by Crippen LogP contribution is -2.44. The van der Waals surface area contributed by atoms with Gasteiger partial charge in [0.25, 0.3) is 0 Å². The largest absolute Gasteiger partial charge is 0.299 e. The van der Waals surface area contributed by atoms with Gasteiger partial charge in [-0.3, -0.25) is 5.32 Å². The van der Waals surface area contributed by atoms with E-state index in [0.717, 1.165) is 31.7 Å². The van der Waals surface area contributed by atoms with Crippen LogP contribution in [0.5, 0.6) is 0 Å². The lowest BCUT2D eigenvalue weighted by Gasteiger charge is -2.30. The zero-order valence-corrected chi connectivity index (χ0v) is 12.0. The van der Waals surface area contributed by atoms with Crippen LogP contribution in [0.25, 0.3) is 0 Å². The summed E-state index contributed by atoms with van der Waals surface area (Å²) in [6, 6.07) is 2.55. The summed E-state index contributed by atoms with van der Waals surface area (Å²) in [6.07, 6.45) is 6.80. The van der Waals surface area contributed by atoms with Gasteiger partial charge in [0.1, 0.15) is 5.54 Å². The van der Waals surface area contributed by atoms with E-state index in [4.69, 9.17) is 0 Å². The first kappa shape index (κ1) is 14.5. The fraction of sp³-hybridized carbons (Fsp3) is 0.933. The van der Waals surface area contributed by atoms with Gasteiger partial charge >= 0.3 is 0 Å². The molecule has 1 aliphatic carbocycles. The van der Waals surface area contributed by atoms with Crippen molar-refractivity contribution in [2.45, 2.75) is 71.8 Å². The van der Waals surface area contributed by atoms with E-state index in [1.165, 1.54) is 19.3 Å². The minimum Gasteiger partial charge on any atom is -0.299 e. The molecule has 0 aliphatic heterocycles. The Balaban J connectivity index is 2.65. The van der Waals surface area contributed by atoms with Crippen molar-refractivity contribution < 1.29 is 0 Å². The minimum atomic E-state index is -0.240. The van der Waals surface area contributed by atoms with E-state index in [9.17, 15) is 5.26 Å². The van der Waals surface area contributed by atoms with Crippen LogP contribution in [-0.4, -0.2) is 12.1 Å². The van der Waals surface area contributed by atoms with Crippen LogP contribution in [0, 0.1) is 22.7 Å². The van der Waals surface area contributed by atoms with Crippen molar-refractivity contribution in [1.29, 1.82) is 5.26 Å². The highest BCUT2D eigenvalue weighted by atomic mass is 15.0. The molecule has 0 aromatic carbocycles. The van der Waals surface area contributed by atoms with Crippen molar-refractivity contribution in [3.63, 3.8) is 0 Å². The first-order chi connectivity index (χ1) is 7.93. The molecule has 2 unspecified atom stereocenters. The van der Waals surface area contributed by atoms with Gasteiger partial charge in [0.15, 0.2) is 0 Å². The van der Waals surface area contributed by atoms with Gasteiger partial charge in [0.2, 0.25) is 0 Å². The predicted octanol–water partition coefficient (Wildman–Crippen LogP) is 3.87. The molecule has 98 valence electrons. The fourth-order valence-corrected chi connectivity index (χ4v) is 2.90. The van der Waals surface area contributed by atoms with Gasteiger partial charge in [0.05, 0.1) is 6.07 Å². The van der Waals surface area contributed by atoms with Gasteiger partial charge in [-0.15, -0.1) is 0 Å². The Morgan fingerprint density at radius 2 is 2.00 bits per heavy atom. The maximum absolute atomic E-state index is 9.47. The molecule has 0 spiro atoms. The van der Waals surface area contributed by atoms with E-state index < -0.39 is 0 Å². The highest BCUT2D eigenvalue weighted by molar-refractivity contribution is 5.08. The van der Waals surface area contributed by atoms with E-state index in [1.54, 1.807) is 0 Å². The van der Waals surface area contributed by atoms with E-state index in [2.05, 4.69) is 39.1 Å². The van der Waals surface area contributed by atoms with Gasteiger partial charge in [0, 0.05) is 0 Å². The Morgan fingerprint density at radius 3 is 2.53 bits per heavy atom. The van der Waals surface area contributed by atoms with Gasteiger partial charge in [-0.25, -0.2) is 0 Å². The summed E-state index contributed by atoms with van der Waals surface area (Å²) in [6.45, 7) is 10.1. The Bertz CT molecular complexity index is 272. The van der Waals surface area contributed by atoms with Gasteiger partial charge in [-0.1, -0.05) is 34.1 Å². The van der Waals surface area contributed by atoms with Gasteiger partial charge < -0.3 is 0 Å². The summed E-state index contributed by atoms with van der Waals surface area (Å²) >= 11 is 0. The summed E-state index contributed by atoms with van der Waals surface area (Å²) in [5, 5.41) is 13.0. The monoisotopic (exact) mass is 236 g/mol. The predicted molar refractivity (Wildman–Crippen MR) is 72.7 cm³/mol. The molecule has 0 heterocycles. The number of hydrogen-bond donors (Lipinski definition) is 1. The van der Waals surface area contributed by atoms with Crippen molar-refractivity contribution in [3.8, 4) is 6.07 Å². The second-order valence-corrected chi connectivity index (χ2v) is 6.61. The molecule has 0 aromatic heterocycles. The van der Waals surface area contributed by atoms with E-state index in [0.29, 0.717) is 5.41 Å². The van der Waals surface area contributed by atoms with Crippen LogP contribution >= 0.6 is 0 Å². The molecule has 0 amide bonds. The molecular formula is C15H28N2. The topological polar surface area (TPSA) is 35.8 Å². The second kappa shape index (κ2) is 5.87. The van der Waals surface area contributed by atoms with Crippen LogP contribution in [0.15, 0.2) is 0 Å². The molecule has 2 heteroatoms. The van der Waals surface area contributed by atoms with Gasteiger partial charge in [-0.2, -0.15) is 5.26 Å². The lowest BCUT2D eigenvalue weighted by atomic mass is 9.76. The van der Waals surface area contributed by atoms with E-state index >= 15 is 0 Å². The molecule has 1 rings (SSSR count). The number of nitrogens with one attached hydrogen (secondary N) is 1. The van der Waals surface area contributed by atoms with Crippen LogP contribution < -0.4 is 5.32 Å². The molecule has 0 saturated heterocycles. The molecule has 1 aliphatic rings. The number of nitrogens with zero attached hydrogens (tertiary/aromatic N) is 1. The molecule has 0 radical (unpaired) electrons. The van der Waals surface area contributed by atoms with Crippen molar-refractivity contribution in [2.75, 3.05) is 6.54 Å². The van der Waals surface area contributed by atoms with Crippen LogP contribution in [0.1, 0.15) is 66.2 Å². The molecule has 2 nitrogen and oxygen atoms in total. The fourth-order valence-electron chi connectivity index (χ4n) is 2.90. The summed E-state index contributed by atoms with van der Waals surface area (Å²) in [4.78, 5) is 0. The Morgan fingerprint density at radius 1 is 1.29 bits per heavy atom. The third-order valence-corrected chi connectivity index (χ3v) is 4.23. The maximum atomic E-state index is 9.47. The quantitative estimate of drug-likeness (QED) is 0.755. The average Bonchev–Trinajstić information content (AvgIpc) is 2.49. The van der Waals surface area contributed by atoms with Crippen molar-refractivity contribution in [1.82, 2.24) is 5.32 Å². The SMILES string of the molecule is CCCNC1(C#N)CCCC(C(C)(C)C)CC1. The zero-order chi connectivity index (χ0) is 12.9. The van der Waals surface area contributed by atoms with Gasteiger partial charge in [-0.05, 0) is 50.0 Å². The third kappa shape index (κ3) is 4.00. The molecule has 1 saturated carbocycles. The molecular weight excluding hydrogens is 208 g/mol.